The minimum atomic E-state index is -0.737. The van der Waals surface area contributed by atoms with Crippen LogP contribution in [0.4, 0.5) is 0 Å². The maximum Gasteiger partial charge on any atom is 0.119 e. The van der Waals surface area contributed by atoms with E-state index in [2.05, 4.69) is 36.1 Å². The van der Waals surface area contributed by atoms with E-state index in [1.807, 2.05) is 30.8 Å². The van der Waals surface area contributed by atoms with Gasteiger partial charge in [0.25, 0.3) is 0 Å². The van der Waals surface area contributed by atoms with Gasteiger partial charge in [-0.1, -0.05) is 6.07 Å². The second-order valence-corrected chi connectivity index (χ2v) is 7.45. The maximum atomic E-state index is 10.8. The summed E-state index contributed by atoms with van der Waals surface area (Å²) in [5.41, 5.74) is 4.08. The van der Waals surface area contributed by atoms with Crippen molar-refractivity contribution >= 4 is 0 Å². The molecule has 1 saturated heterocycles. The van der Waals surface area contributed by atoms with Gasteiger partial charge in [0, 0.05) is 38.4 Å². The molecule has 0 unspecified atom stereocenters. The van der Waals surface area contributed by atoms with E-state index in [-0.39, 0.29) is 0 Å². The zero-order chi connectivity index (χ0) is 18.0. The lowest BCUT2D eigenvalue weighted by Gasteiger charge is -2.37. The SMILES string of the molecule is Cc1ccc(OCC2(O)CCN(Cc3cn(C)nc3C)CC2)cc1C. The molecule has 0 radical (unpaired) electrons. The molecule has 0 amide bonds. The van der Waals surface area contributed by atoms with E-state index in [4.69, 9.17) is 4.74 Å². The highest BCUT2D eigenvalue weighted by Crippen LogP contribution is 2.26. The van der Waals surface area contributed by atoms with Gasteiger partial charge in [-0.05, 0) is 56.9 Å². The molecule has 5 heteroatoms. The smallest absolute Gasteiger partial charge is 0.119 e. The molecular formula is C20H29N3O2. The fourth-order valence-electron chi connectivity index (χ4n) is 3.34. The number of aromatic nitrogens is 2. The van der Waals surface area contributed by atoms with Crippen molar-refractivity contribution < 1.29 is 9.84 Å². The monoisotopic (exact) mass is 343 g/mol. The number of nitrogens with zero attached hydrogens (tertiary/aromatic N) is 3. The van der Waals surface area contributed by atoms with Gasteiger partial charge in [0.05, 0.1) is 5.69 Å². The van der Waals surface area contributed by atoms with Crippen LogP contribution in [-0.4, -0.2) is 45.1 Å². The molecule has 2 aromatic rings. The molecule has 0 saturated carbocycles. The summed E-state index contributed by atoms with van der Waals surface area (Å²) in [6.45, 7) is 9.22. The van der Waals surface area contributed by atoms with E-state index in [0.717, 1.165) is 43.9 Å². The van der Waals surface area contributed by atoms with Crippen molar-refractivity contribution in [3.8, 4) is 5.75 Å². The molecule has 0 aliphatic carbocycles. The third-order valence-corrected chi connectivity index (χ3v) is 5.28. The van der Waals surface area contributed by atoms with Gasteiger partial charge in [0.1, 0.15) is 18.0 Å². The first kappa shape index (κ1) is 18.0. The van der Waals surface area contributed by atoms with Gasteiger partial charge >= 0.3 is 0 Å². The fourth-order valence-corrected chi connectivity index (χ4v) is 3.34. The number of rotatable bonds is 5. The normalized spacial score (nSPS) is 17.6. The molecule has 1 aromatic heterocycles. The number of aliphatic hydroxyl groups is 1. The molecule has 0 bridgehead atoms. The zero-order valence-corrected chi connectivity index (χ0v) is 15.7. The molecule has 136 valence electrons. The molecule has 1 aliphatic heterocycles. The Balaban J connectivity index is 1.51. The Labute approximate surface area is 150 Å². The molecule has 1 fully saturated rings. The summed E-state index contributed by atoms with van der Waals surface area (Å²) in [5.74, 6) is 0.838. The van der Waals surface area contributed by atoms with Crippen molar-refractivity contribution in [3.63, 3.8) is 0 Å². The molecule has 5 nitrogen and oxygen atoms in total. The maximum absolute atomic E-state index is 10.8. The van der Waals surface area contributed by atoms with Gasteiger partial charge in [-0.15, -0.1) is 0 Å². The van der Waals surface area contributed by atoms with Crippen molar-refractivity contribution in [1.82, 2.24) is 14.7 Å². The molecule has 3 rings (SSSR count). The van der Waals surface area contributed by atoms with Crippen LogP contribution in [0.3, 0.4) is 0 Å². The Kier molecular flexibility index (Phi) is 5.16. The lowest BCUT2D eigenvalue weighted by atomic mass is 9.92. The van der Waals surface area contributed by atoms with Crippen molar-refractivity contribution in [3.05, 3.63) is 46.8 Å². The second-order valence-electron chi connectivity index (χ2n) is 7.45. The third kappa shape index (κ3) is 4.41. The molecule has 1 aliphatic rings. The van der Waals surface area contributed by atoms with Gasteiger partial charge in [-0.3, -0.25) is 9.58 Å². The summed E-state index contributed by atoms with van der Waals surface area (Å²) in [7, 11) is 1.95. The third-order valence-electron chi connectivity index (χ3n) is 5.28. The molecule has 25 heavy (non-hydrogen) atoms. The summed E-state index contributed by atoms with van der Waals surface area (Å²) in [6.07, 6.45) is 3.55. The van der Waals surface area contributed by atoms with Crippen LogP contribution in [0, 0.1) is 20.8 Å². The quantitative estimate of drug-likeness (QED) is 0.907. The molecule has 2 heterocycles. The minimum Gasteiger partial charge on any atom is -0.491 e. The van der Waals surface area contributed by atoms with Crippen LogP contribution >= 0.6 is 0 Å². The first-order valence-corrected chi connectivity index (χ1v) is 8.99. The summed E-state index contributed by atoms with van der Waals surface area (Å²) < 4.78 is 7.74. The predicted molar refractivity (Wildman–Crippen MR) is 98.8 cm³/mol. The average molecular weight is 343 g/mol. The van der Waals surface area contributed by atoms with Gasteiger partial charge in [0.2, 0.25) is 0 Å². The van der Waals surface area contributed by atoms with E-state index in [0.29, 0.717) is 6.61 Å². The first-order chi connectivity index (χ1) is 11.8. The number of hydrogen-bond donors (Lipinski definition) is 1. The Morgan fingerprint density at radius 2 is 1.88 bits per heavy atom. The zero-order valence-electron chi connectivity index (χ0n) is 15.7. The number of hydrogen-bond acceptors (Lipinski definition) is 4. The summed E-state index contributed by atoms with van der Waals surface area (Å²) in [5, 5.41) is 15.2. The van der Waals surface area contributed by atoms with Crippen LogP contribution in [0.2, 0.25) is 0 Å². The van der Waals surface area contributed by atoms with Crippen LogP contribution in [0.1, 0.15) is 35.2 Å². The minimum absolute atomic E-state index is 0.356. The van der Waals surface area contributed by atoms with Gasteiger partial charge in [-0.2, -0.15) is 5.10 Å². The van der Waals surface area contributed by atoms with Crippen LogP contribution in [0.25, 0.3) is 0 Å². The van der Waals surface area contributed by atoms with Gasteiger partial charge < -0.3 is 9.84 Å². The standard InChI is InChI=1S/C20H29N3O2/c1-15-5-6-19(11-16(15)2)25-14-20(24)7-9-23(10-8-20)13-18-12-22(4)21-17(18)3/h5-6,11-12,24H,7-10,13-14H2,1-4H3. The second kappa shape index (κ2) is 7.18. The Bertz CT molecular complexity index is 731. The molecule has 0 atom stereocenters. The lowest BCUT2D eigenvalue weighted by Crippen LogP contribution is -2.47. The van der Waals surface area contributed by atoms with Crippen molar-refractivity contribution in [2.45, 2.75) is 45.8 Å². The van der Waals surface area contributed by atoms with E-state index in [1.165, 1.54) is 16.7 Å². The summed E-state index contributed by atoms with van der Waals surface area (Å²) in [4.78, 5) is 2.38. The van der Waals surface area contributed by atoms with Crippen LogP contribution in [0.15, 0.2) is 24.4 Å². The largest absolute Gasteiger partial charge is 0.491 e. The van der Waals surface area contributed by atoms with Crippen LogP contribution in [0.5, 0.6) is 5.75 Å². The van der Waals surface area contributed by atoms with E-state index in [9.17, 15) is 5.11 Å². The highest BCUT2D eigenvalue weighted by atomic mass is 16.5. The lowest BCUT2D eigenvalue weighted by molar-refractivity contribution is -0.0537. The summed E-state index contributed by atoms with van der Waals surface area (Å²) >= 11 is 0. The van der Waals surface area contributed by atoms with Gasteiger partial charge in [-0.25, -0.2) is 0 Å². The van der Waals surface area contributed by atoms with Crippen molar-refractivity contribution in [1.29, 1.82) is 0 Å². The molecular weight excluding hydrogens is 314 g/mol. The number of aryl methyl sites for hydroxylation is 4. The predicted octanol–water partition coefficient (Wildman–Crippen LogP) is 2.75. The Morgan fingerprint density at radius 3 is 2.48 bits per heavy atom. The first-order valence-electron chi connectivity index (χ1n) is 8.99. The number of likely N-dealkylation sites (tertiary alicyclic amines) is 1. The molecule has 1 aromatic carbocycles. The van der Waals surface area contributed by atoms with E-state index < -0.39 is 5.60 Å². The Hall–Kier alpha value is -1.85. The molecule has 1 N–H and O–H groups in total. The van der Waals surface area contributed by atoms with Crippen LogP contribution in [-0.2, 0) is 13.6 Å². The van der Waals surface area contributed by atoms with Gasteiger partial charge in [0.15, 0.2) is 0 Å². The van der Waals surface area contributed by atoms with E-state index >= 15 is 0 Å². The molecule has 0 spiro atoms. The highest BCUT2D eigenvalue weighted by molar-refractivity contribution is 5.33. The van der Waals surface area contributed by atoms with Crippen molar-refractivity contribution in [2.75, 3.05) is 19.7 Å². The van der Waals surface area contributed by atoms with Crippen LogP contribution < -0.4 is 4.74 Å². The number of piperidine rings is 1. The highest BCUT2D eigenvalue weighted by Gasteiger charge is 2.33. The van der Waals surface area contributed by atoms with Crippen molar-refractivity contribution in [2.24, 2.45) is 7.05 Å². The number of ether oxygens (including phenoxy) is 1. The summed E-state index contributed by atoms with van der Waals surface area (Å²) in [6, 6.07) is 6.08. The number of benzene rings is 1. The topological polar surface area (TPSA) is 50.5 Å². The average Bonchev–Trinajstić information content (AvgIpc) is 2.89. The Morgan fingerprint density at radius 1 is 1.16 bits per heavy atom. The van der Waals surface area contributed by atoms with E-state index in [1.54, 1.807) is 0 Å². The fraction of sp³-hybridized carbons (Fsp3) is 0.550.